The number of halogens is 3. The third-order valence-corrected chi connectivity index (χ3v) is 2.22. The molecule has 108 valence electrons. The topological polar surface area (TPSA) is 64.4 Å². The first-order valence-corrected chi connectivity index (χ1v) is 5.88. The number of nitrogens with one attached hydrogen (secondary N) is 1. The quantitative estimate of drug-likeness (QED) is 0.653. The Morgan fingerprint density at radius 2 is 2.00 bits per heavy atom. The summed E-state index contributed by atoms with van der Waals surface area (Å²) < 4.78 is 39.6. The number of alkyl halides is 3. The number of nitrogens with two attached hydrogens (primary N) is 1. The van der Waals surface area contributed by atoms with Gasteiger partial charge in [0.25, 0.3) is 0 Å². The summed E-state index contributed by atoms with van der Waals surface area (Å²) in [5.74, 6) is -0.194. The summed E-state index contributed by atoms with van der Waals surface area (Å²) in [6, 6.07) is 0. The summed E-state index contributed by atoms with van der Waals surface area (Å²) in [5, 5.41) is 2.51. The van der Waals surface area contributed by atoms with Crippen LogP contribution in [0.5, 0.6) is 0 Å². The van der Waals surface area contributed by atoms with Gasteiger partial charge < -0.3 is 15.8 Å². The van der Waals surface area contributed by atoms with Crippen LogP contribution in [0.25, 0.3) is 0 Å². The molecule has 18 heavy (non-hydrogen) atoms. The molecule has 0 saturated carbocycles. The minimum absolute atomic E-state index is 0.0590. The second-order valence-corrected chi connectivity index (χ2v) is 4.52. The Hall–Kier alpha value is -0.820. The van der Waals surface area contributed by atoms with E-state index >= 15 is 0 Å². The molecule has 0 rings (SSSR count). The number of hydrogen-bond acceptors (Lipinski definition) is 3. The van der Waals surface area contributed by atoms with Crippen LogP contribution in [0.1, 0.15) is 20.3 Å². The van der Waals surface area contributed by atoms with Crippen molar-refractivity contribution in [3.8, 4) is 0 Å². The number of carbonyl (C=O) groups excluding carboxylic acids is 1. The largest absolute Gasteiger partial charge is 0.411 e. The molecule has 7 heteroatoms. The maximum Gasteiger partial charge on any atom is 0.411 e. The summed E-state index contributed by atoms with van der Waals surface area (Å²) >= 11 is 0. The lowest BCUT2D eigenvalue weighted by molar-refractivity contribution is -0.173. The van der Waals surface area contributed by atoms with Gasteiger partial charge in [-0.2, -0.15) is 13.2 Å². The predicted octanol–water partition coefficient (Wildman–Crippen LogP) is 1.30. The number of carbonyl (C=O) groups is 1. The highest BCUT2D eigenvalue weighted by atomic mass is 19.4. The molecule has 0 heterocycles. The van der Waals surface area contributed by atoms with Crippen LogP contribution in [-0.4, -0.2) is 38.4 Å². The van der Waals surface area contributed by atoms with Crippen molar-refractivity contribution in [2.24, 2.45) is 17.6 Å². The molecular formula is C11H21F3N2O2. The zero-order chi connectivity index (χ0) is 14.2. The van der Waals surface area contributed by atoms with E-state index in [1.807, 2.05) is 13.8 Å². The Kier molecular flexibility index (Phi) is 7.93. The van der Waals surface area contributed by atoms with E-state index in [1.54, 1.807) is 0 Å². The lowest BCUT2D eigenvalue weighted by Crippen LogP contribution is -2.37. The Morgan fingerprint density at radius 3 is 2.44 bits per heavy atom. The average molecular weight is 270 g/mol. The Morgan fingerprint density at radius 1 is 1.39 bits per heavy atom. The van der Waals surface area contributed by atoms with E-state index in [0.717, 1.165) is 0 Å². The van der Waals surface area contributed by atoms with Crippen LogP contribution in [0.3, 0.4) is 0 Å². The first-order valence-electron chi connectivity index (χ1n) is 5.88. The molecule has 1 unspecified atom stereocenters. The van der Waals surface area contributed by atoms with E-state index in [4.69, 9.17) is 5.73 Å². The molecule has 0 radical (unpaired) electrons. The smallest absolute Gasteiger partial charge is 0.370 e. The average Bonchev–Trinajstić information content (AvgIpc) is 2.23. The van der Waals surface area contributed by atoms with E-state index in [0.29, 0.717) is 12.3 Å². The number of amides is 1. The molecule has 1 atom stereocenters. The lowest BCUT2D eigenvalue weighted by atomic mass is 9.96. The van der Waals surface area contributed by atoms with Gasteiger partial charge in [-0.05, 0) is 12.3 Å². The molecule has 1 amide bonds. The van der Waals surface area contributed by atoms with Gasteiger partial charge in [-0.3, -0.25) is 4.79 Å². The van der Waals surface area contributed by atoms with Crippen molar-refractivity contribution in [2.45, 2.75) is 26.4 Å². The summed E-state index contributed by atoms with van der Waals surface area (Å²) in [6.45, 7) is 2.78. The normalized spacial score (nSPS) is 13.7. The number of hydrogen-bond donors (Lipinski definition) is 2. The van der Waals surface area contributed by atoms with E-state index in [-0.39, 0.29) is 31.5 Å². The molecule has 0 aliphatic rings. The first kappa shape index (κ1) is 17.2. The molecule has 0 saturated heterocycles. The summed E-state index contributed by atoms with van der Waals surface area (Å²) in [5.41, 5.74) is 5.47. The summed E-state index contributed by atoms with van der Waals surface area (Å²) in [6.07, 6.45) is -3.67. The zero-order valence-corrected chi connectivity index (χ0v) is 10.7. The first-order chi connectivity index (χ1) is 8.26. The zero-order valence-electron chi connectivity index (χ0n) is 10.7. The fourth-order valence-electron chi connectivity index (χ4n) is 1.46. The van der Waals surface area contributed by atoms with Crippen LogP contribution in [0.15, 0.2) is 0 Å². The predicted molar refractivity (Wildman–Crippen MR) is 61.9 cm³/mol. The highest BCUT2D eigenvalue weighted by Crippen LogP contribution is 2.14. The summed E-state index contributed by atoms with van der Waals surface area (Å²) in [4.78, 5) is 11.6. The highest BCUT2D eigenvalue weighted by Gasteiger charge is 2.27. The lowest BCUT2D eigenvalue weighted by Gasteiger charge is -2.16. The number of rotatable bonds is 8. The van der Waals surface area contributed by atoms with Gasteiger partial charge in [0.05, 0.1) is 12.5 Å². The van der Waals surface area contributed by atoms with Crippen molar-refractivity contribution in [3.63, 3.8) is 0 Å². The van der Waals surface area contributed by atoms with Gasteiger partial charge >= 0.3 is 6.18 Å². The van der Waals surface area contributed by atoms with Gasteiger partial charge in [0.1, 0.15) is 6.61 Å². The fraction of sp³-hybridized carbons (Fsp3) is 0.909. The van der Waals surface area contributed by atoms with Gasteiger partial charge in [-0.15, -0.1) is 0 Å². The van der Waals surface area contributed by atoms with Gasteiger partial charge in [0, 0.05) is 13.1 Å². The Balaban J connectivity index is 3.75. The van der Waals surface area contributed by atoms with E-state index in [9.17, 15) is 18.0 Å². The fourth-order valence-corrected chi connectivity index (χ4v) is 1.46. The number of ether oxygens (including phenoxy) is 1. The third-order valence-electron chi connectivity index (χ3n) is 2.22. The molecule has 0 spiro atoms. The van der Waals surface area contributed by atoms with Crippen molar-refractivity contribution in [3.05, 3.63) is 0 Å². The van der Waals surface area contributed by atoms with Crippen LogP contribution < -0.4 is 11.1 Å². The van der Waals surface area contributed by atoms with E-state index in [2.05, 4.69) is 10.1 Å². The molecule has 0 bridgehead atoms. The van der Waals surface area contributed by atoms with Crippen molar-refractivity contribution < 1.29 is 22.7 Å². The monoisotopic (exact) mass is 270 g/mol. The van der Waals surface area contributed by atoms with Gasteiger partial charge in [-0.25, -0.2) is 0 Å². The minimum Gasteiger partial charge on any atom is -0.370 e. The molecule has 3 N–H and O–H groups in total. The molecule has 0 aliphatic carbocycles. The van der Waals surface area contributed by atoms with Crippen LogP contribution >= 0.6 is 0 Å². The maximum absolute atomic E-state index is 11.7. The van der Waals surface area contributed by atoms with E-state index in [1.165, 1.54) is 0 Å². The van der Waals surface area contributed by atoms with Gasteiger partial charge in [0.15, 0.2) is 0 Å². The Labute approximate surface area is 105 Å². The second-order valence-electron chi connectivity index (χ2n) is 4.52. The molecule has 0 aromatic carbocycles. The highest BCUT2D eigenvalue weighted by molar-refractivity contribution is 5.78. The van der Waals surface area contributed by atoms with Gasteiger partial charge in [0.2, 0.25) is 5.91 Å². The molecule has 0 aromatic heterocycles. The van der Waals surface area contributed by atoms with Crippen molar-refractivity contribution in [2.75, 3.05) is 26.3 Å². The summed E-state index contributed by atoms with van der Waals surface area (Å²) in [7, 11) is 0. The molecule has 4 nitrogen and oxygen atoms in total. The van der Waals surface area contributed by atoms with Crippen LogP contribution in [0.4, 0.5) is 13.2 Å². The molecule has 0 aromatic rings. The van der Waals surface area contributed by atoms with E-state index < -0.39 is 12.8 Å². The van der Waals surface area contributed by atoms with Crippen molar-refractivity contribution >= 4 is 5.91 Å². The van der Waals surface area contributed by atoms with Crippen molar-refractivity contribution in [1.29, 1.82) is 0 Å². The van der Waals surface area contributed by atoms with Crippen molar-refractivity contribution in [1.82, 2.24) is 5.32 Å². The Bertz CT molecular complexity index is 245. The third kappa shape index (κ3) is 9.23. The SMILES string of the molecule is CC(C)CC(CN)C(=O)NCCOCC(F)(F)F. The van der Waals surface area contributed by atoms with Gasteiger partial charge in [-0.1, -0.05) is 13.8 Å². The minimum atomic E-state index is -4.33. The molecule has 0 aliphatic heterocycles. The molecular weight excluding hydrogens is 249 g/mol. The van der Waals surface area contributed by atoms with Crippen LogP contribution in [0.2, 0.25) is 0 Å². The second kappa shape index (κ2) is 8.31. The maximum atomic E-state index is 11.7. The van der Waals surface area contributed by atoms with Crippen LogP contribution in [0, 0.1) is 11.8 Å². The standard InChI is InChI=1S/C11H21F3N2O2/c1-8(2)5-9(6-15)10(17)16-3-4-18-7-11(12,13)14/h8-9H,3-7,15H2,1-2H3,(H,16,17). The molecule has 0 fully saturated rings. The van der Waals surface area contributed by atoms with Crippen LogP contribution in [-0.2, 0) is 9.53 Å².